The van der Waals surface area contributed by atoms with E-state index in [1.165, 1.54) is 29.7 Å². The first kappa shape index (κ1) is 19.7. The fourth-order valence-electron chi connectivity index (χ4n) is 3.74. The third kappa shape index (κ3) is 5.49. The molecule has 29 heavy (non-hydrogen) atoms. The molecule has 0 aliphatic heterocycles. The molecule has 0 spiro atoms. The van der Waals surface area contributed by atoms with Gasteiger partial charge in [0.05, 0.1) is 0 Å². The minimum absolute atomic E-state index is 0.317. The van der Waals surface area contributed by atoms with Gasteiger partial charge in [-0.15, -0.1) is 0 Å². The molecular formula is C25H30N2O2. The highest BCUT2D eigenvalue weighted by atomic mass is 16.5. The number of aliphatic hydroxyl groups is 1. The fraction of sp³-hybridized carbons (Fsp3) is 0.360. The number of aryl methyl sites for hydroxylation is 1. The number of aliphatic hydroxyl groups excluding tert-OH is 1. The molecule has 0 saturated heterocycles. The molecule has 1 aliphatic carbocycles. The van der Waals surface area contributed by atoms with Crippen LogP contribution in [0.3, 0.4) is 0 Å². The second-order valence-electron chi connectivity index (χ2n) is 7.99. The number of hydrogen-bond donors (Lipinski definition) is 1. The Morgan fingerprint density at radius 3 is 2.55 bits per heavy atom. The standard InChI is InChI=1S/C25H30N2O2/c1-20-8-5-6-9-21(20)16-26-15-7-10-23(26)17-27(22-13-14-22)18-24(28)19-29-25-11-3-2-4-12-25/h2-12,15,22,24,28H,13-14,16-19H2,1H3/t24-/m0/s1. The van der Waals surface area contributed by atoms with E-state index in [0.29, 0.717) is 19.2 Å². The molecule has 1 N–H and O–H groups in total. The first-order chi connectivity index (χ1) is 14.2. The Kier molecular flexibility index (Phi) is 6.33. The van der Waals surface area contributed by atoms with E-state index in [-0.39, 0.29) is 0 Å². The number of para-hydroxylation sites is 1. The van der Waals surface area contributed by atoms with Crippen molar-refractivity contribution >= 4 is 0 Å². The van der Waals surface area contributed by atoms with E-state index >= 15 is 0 Å². The lowest BCUT2D eigenvalue weighted by atomic mass is 10.1. The molecule has 4 nitrogen and oxygen atoms in total. The molecule has 4 rings (SSSR count). The molecular weight excluding hydrogens is 360 g/mol. The first-order valence-corrected chi connectivity index (χ1v) is 10.5. The van der Waals surface area contributed by atoms with E-state index in [1.807, 2.05) is 30.3 Å². The number of ether oxygens (including phenoxy) is 1. The van der Waals surface area contributed by atoms with Crippen molar-refractivity contribution in [1.29, 1.82) is 0 Å². The van der Waals surface area contributed by atoms with Gasteiger partial charge in [0.15, 0.2) is 0 Å². The highest BCUT2D eigenvalue weighted by Crippen LogP contribution is 2.29. The van der Waals surface area contributed by atoms with Crippen molar-refractivity contribution in [3.63, 3.8) is 0 Å². The van der Waals surface area contributed by atoms with Crippen LogP contribution in [0.15, 0.2) is 72.9 Å². The van der Waals surface area contributed by atoms with Gasteiger partial charge in [-0.2, -0.15) is 0 Å². The highest BCUT2D eigenvalue weighted by Gasteiger charge is 2.31. The second-order valence-corrected chi connectivity index (χ2v) is 7.99. The third-order valence-corrected chi connectivity index (χ3v) is 5.58. The number of nitrogens with zero attached hydrogens (tertiary/aromatic N) is 2. The Hall–Kier alpha value is -2.56. The van der Waals surface area contributed by atoms with E-state index in [4.69, 9.17) is 4.74 Å². The van der Waals surface area contributed by atoms with Gasteiger partial charge in [0, 0.05) is 37.6 Å². The molecule has 4 heteroatoms. The molecule has 1 aromatic heterocycles. The van der Waals surface area contributed by atoms with Crippen molar-refractivity contribution in [2.24, 2.45) is 0 Å². The number of benzene rings is 2. The van der Waals surface area contributed by atoms with Crippen LogP contribution in [0, 0.1) is 6.92 Å². The monoisotopic (exact) mass is 390 g/mol. The summed E-state index contributed by atoms with van der Waals surface area (Å²) < 4.78 is 8.06. The maximum Gasteiger partial charge on any atom is 0.119 e. The lowest BCUT2D eigenvalue weighted by molar-refractivity contribution is 0.0618. The van der Waals surface area contributed by atoms with Crippen LogP contribution < -0.4 is 4.74 Å². The average molecular weight is 391 g/mol. The highest BCUT2D eigenvalue weighted by molar-refractivity contribution is 5.26. The Bertz CT molecular complexity index is 902. The molecule has 3 aromatic rings. The zero-order chi connectivity index (χ0) is 20.1. The molecule has 152 valence electrons. The van der Waals surface area contributed by atoms with Crippen LogP contribution in [0.25, 0.3) is 0 Å². The predicted octanol–water partition coefficient (Wildman–Crippen LogP) is 4.25. The van der Waals surface area contributed by atoms with Crippen LogP contribution >= 0.6 is 0 Å². The van der Waals surface area contributed by atoms with Crippen molar-refractivity contribution < 1.29 is 9.84 Å². The summed E-state index contributed by atoms with van der Waals surface area (Å²) in [5, 5.41) is 10.6. The van der Waals surface area contributed by atoms with Crippen molar-refractivity contribution in [2.45, 2.75) is 45.0 Å². The molecule has 0 radical (unpaired) electrons. The minimum atomic E-state index is -0.504. The summed E-state index contributed by atoms with van der Waals surface area (Å²) in [5.41, 5.74) is 3.95. The van der Waals surface area contributed by atoms with Crippen LogP contribution in [-0.4, -0.2) is 39.9 Å². The van der Waals surface area contributed by atoms with Gasteiger partial charge < -0.3 is 14.4 Å². The predicted molar refractivity (Wildman–Crippen MR) is 116 cm³/mol. The molecule has 1 atom stereocenters. The lowest BCUT2D eigenvalue weighted by Gasteiger charge is -2.26. The SMILES string of the molecule is Cc1ccccc1Cn1cccc1CN(C[C@H](O)COc1ccccc1)C1CC1. The Morgan fingerprint density at radius 2 is 1.79 bits per heavy atom. The lowest BCUT2D eigenvalue weighted by Crippen LogP contribution is -2.37. The summed E-state index contributed by atoms with van der Waals surface area (Å²) in [6, 6.07) is 23.1. The summed E-state index contributed by atoms with van der Waals surface area (Å²) in [4.78, 5) is 2.41. The summed E-state index contributed by atoms with van der Waals surface area (Å²) >= 11 is 0. The van der Waals surface area contributed by atoms with E-state index in [0.717, 1.165) is 18.8 Å². The Morgan fingerprint density at radius 1 is 1.03 bits per heavy atom. The second kappa shape index (κ2) is 9.29. The fourth-order valence-corrected chi connectivity index (χ4v) is 3.74. The summed E-state index contributed by atoms with van der Waals surface area (Å²) in [6.45, 7) is 4.85. The topological polar surface area (TPSA) is 37.6 Å². The first-order valence-electron chi connectivity index (χ1n) is 10.5. The van der Waals surface area contributed by atoms with Crippen LogP contribution in [0.1, 0.15) is 29.7 Å². The van der Waals surface area contributed by atoms with Crippen molar-refractivity contribution in [3.05, 3.63) is 89.7 Å². The normalized spacial score (nSPS) is 14.9. The molecule has 2 aromatic carbocycles. The molecule has 0 amide bonds. The summed E-state index contributed by atoms with van der Waals surface area (Å²) in [5.74, 6) is 0.802. The summed E-state index contributed by atoms with van der Waals surface area (Å²) in [6.07, 6.45) is 4.08. The Balaban J connectivity index is 1.37. The van der Waals surface area contributed by atoms with Gasteiger partial charge in [0.2, 0.25) is 0 Å². The van der Waals surface area contributed by atoms with E-state index in [2.05, 4.69) is 59.0 Å². The van der Waals surface area contributed by atoms with E-state index < -0.39 is 6.10 Å². The van der Waals surface area contributed by atoms with Gasteiger partial charge in [-0.05, 0) is 55.2 Å². The number of hydrogen-bond acceptors (Lipinski definition) is 3. The van der Waals surface area contributed by atoms with Crippen LogP contribution in [0.5, 0.6) is 5.75 Å². The van der Waals surface area contributed by atoms with Gasteiger partial charge >= 0.3 is 0 Å². The van der Waals surface area contributed by atoms with Crippen molar-refractivity contribution in [3.8, 4) is 5.75 Å². The largest absolute Gasteiger partial charge is 0.491 e. The molecule has 1 fully saturated rings. The maximum absolute atomic E-state index is 10.6. The summed E-state index contributed by atoms with van der Waals surface area (Å²) in [7, 11) is 0. The third-order valence-electron chi connectivity index (χ3n) is 5.58. The smallest absolute Gasteiger partial charge is 0.119 e. The molecule has 1 heterocycles. The molecule has 1 saturated carbocycles. The molecule has 1 aliphatic rings. The molecule has 0 bridgehead atoms. The average Bonchev–Trinajstić information content (AvgIpc) is 3.50. The van der Waals surface area contributed by atoms with E-state index in [9.17, 15) is 5.11 Å². The Labute approximate surface area is 173 Å². The number of aromatic nitrogens is 1. The van der Waals surface area contributed by atoms with E-state index in [1.54, 1.807) is 0 Å². The zero-order valence-corrected chi connectivity index (χ0v) is 17.1. The quantitative estimate of drug-likeness (QED) is 0.562. The molecule has 0 unspecified atom stereocenters. The van der Waals surface area contributed by atoms with Crippen molar-refractivity contribution in [1.82, 2.24) is 9.47 Å². The number of rotatable bonds is 10. The van der Waals surface area contributed by atoms with Crippen LogP contribution in [0.2, 0.25) is 0 Å². The van der Waals surface area contributed by atoms with Crippen molar-refractivity contribution in [2.75, 3.05) is 13.2 Å². The minimum Gasteiger partial charge on any atom is -0.491 e. The van der Waals surface area contributed by atoms with Gasteiger partial charge in [-0.3, -0.25) is 4.90 Å². The maximum atomic E-state index is 10.6. The van der Waals surface area contributed by atoms with Gasteiger partial charge in [-0.1, -0.05) is 42.5 Å². The van der Waals surface area contributed by atoms with Gasteiger partial charge in [-0.25, -0.2) is 0 Å². The zero-order valence-electron chi connectivity index (χ0n) is 17.1. The van der Waals surface area contributed by atoms with Gasteiger partial charge in [0.25, 0.3) is 0 Å². The van der Waals surface area contributed by atoms with Gasteiger partial charge in [0.1, 0.15) is 18.5 Å². The van der Waals surface area contributed by atoms with Crippen LogP contribution in [-0.2, 0) is 13.1 Å². The van der Waals surface area contributed by atoms with Crippen LogP contribution in [0.4, 0.5) is 0 Å².